The zero-order valence-electron chi connectivity index (χ0n) is 18.8. The summed E-state index contributed by atoms with van der Waals surface area (Å²) in [6.45, 7) is 3.63. The van der Waals surface area contributed by atoms with Gasteiger partial charge >= 0.3 is 5.97 Å². The number of thioether (sulfide) groups is 2. The Morgan fingerprint density at radius 3 is 1.79 bits per heavy atom. The molecule has 2 aliphatic carbocycles. The molecule has 1 atom stereocenters. The first-order valence-electron chi connectivity index (χ1n) is 11.1. The molecule has 0 bridgehead atoms. The van der Waals surface area contributed by atoms with E-state index in [2.05, 4.69) is 10.6 Å². The molecule has 170 valence electrons. The van der Waals surface area contributed by atoms with Crippen molar-refractivity contribution in [3.8, 4) is 0 Å². The van der Waals surface area contributed by atoms with Crippen molar-refractivity contribution >= 4 is 35.4 Å². The highest BCUT2D eigenvalue weighted by molar-refractivity contribution is 7.98. The Morgan fingerprint density at radius 2 is 1.41 bits per heavy atom. The third kappa shape index (κ3) is 11.0. The predicted molar refractivity (Wildman–Crippen MR) is 127 cm³/mol. The van der Waals surface area contributed by atoms with Gasteiger partial charge < -0.3 is 15.7 Å². The van der Waals surface area contributed by atoms with Crippen molar-refractivity contribution in [2.75, 3.05) is 24.0 Å². The molecule has 2 aliphatic rings. The first-order chi connectivity index (χ1) is 13.8. The molecule has 0 unspecified atom stereocenters. The average molecular weight is 447 g/mol. The number of amides is 1. The summed E-state index contributed by atoms with van der Waals surface area (Å²) in [6, 6.07) is 0.942. The van der Waals surface area contributed by atoms with E-state index >= 15 is 0 Å². The Hall–Kier alpha value is -0.400. The second-order valence-corrected chi connectivity index (χ2v) is 10.7. The standard InChI is InChI=1S/C12H23N.C10H19NO3S2/c1-3-7-11(8-4-1)13-12-9-5-2-6-10-12;1-10(2,6-16-4)9(14)11-7(5-15-3)8(12)13/h11-13H,1-10H2;7H,5-6H2,1-4H3,(H,11,14)(H,12,13)/t;7-/m.0/s1. The molecule has 1 amide bonds. The molecule has 0 aromatic carbocycles. The van der Waals surface area contributed by atoms with E-state index in [9.17, 15) is 9.59 Å². The van der Waals surface area contributed by atoms with Crippen LogP contribution in [0.3, 0.4) is 0 Å². The van der Waals surface area contributed by atoms with Gasteiger partial charge in [0.2, 0.25) is 5.91 Å². The van der Waals surface area contributed by atoms with Crippen molar-refractivity contribution in [1.29, 1.82) is 0 Å². The number of carbonyl (C=O) groups is 2. The van der Waals surface area contributed by atoms with Gasteiger partial charge in [0, 0.05) is 23.6 Å². The molecule has 5 nitrogen and oxygen atoms in total. The summed E-state index contributed by atoms with van der Waals surface area (Å²) in [7, 11) is 0. The molecule has 0 aromatic rings. The fraction of sp³-hybridized carbons (Fsp3) is 0.909. The van der Waals surface area contributed by atoms with E-state index < -0.39 is 17.4 Å². The molecule has 2 rings (SSSR count). The minimum Gasteiger partial charge on any atom is -0.480 e. The van der Waals surface area contributed by atoms with E-state index in [4.69, 9.17) is 5.11 Å². The maximum Gasteiger partial charge on any atom is 0.327 e. The number of carbonyl (C=O) groups excluding carboxylic acids is 1. The minimum absolute atomic E-state index is 0.205. The van der Waals surface area contributed by atoms with E-state index in [1.54, 1.807) is 11.8 Å². The number of carboxylic acid groups (broad SMARTS) is 1. The van der Waals surface area contributed by atoms with E-state index in [1.807, 2.05) is 26.4 Å². The summed E-state index contributed by atoms with van der Waals surface area (Å²) in [6.07, 6.45) is 18.3. The predicted octanol–water partition coefficient (Wildman–Crippen LogP) is 4.55. The normalized spacial score (nSPS) is 19.7. The summed E-state index contributed by atoms with van der Waals surface area (Å²) in [5.41, 5.74) is -0.536. The third-order valence-corrected chi connectivity index (χ3v) is 7.42. The molecule has 7 heteroatoms. The summed E-state index contributed by atoms with van der Waals surface area (Å²) < 4.78 is 0. The largest absolute Gasteiger partial charge is 0.480 e. The van der Waals surface area contributed by atoms with Crippen molar-refractivity contribution in [3.63, 3.8) is 0 Å². The van der Waals surface area contributed by atoms with Gasteiger partial charge in [-0.2, -0.15) is 23.5 Å². The maximum absolute atomic E-state index is 11.8. The van der Waals surface area contributed by atoms with Crippen molar-refractivity contribution < 1.29 is 14.7 Å². The molecule has 2 fully saturated rings. The van der Waals surface area contributed by atoms with Crippen LogP contribution >= 0.6 is 23.5 Å². The minimum atomic E-state index is -0.984. The Labute approximate surface area is 186 Å². The number of hydrogen-bond acceptors (Lipinski definition) is 5. The molecule has 3 N–H and O–H groups in total. The first kappa shape index (κ1) is 26.6. The summed E-state index contributed by atoms with van der Waals surface area (Å²) in [5, 5.41) is 15.3. The quantitative estimate of drug-likeness (QED) is 0.482. The third-order valence-electron chi connectivity index (χ3n) is 5.74. The monoisotopic (exact) mass is 446 g/mol. The van der Waals surface area contributed by atoms with Crippen LogP contribution in [0.4, 0.5) is 0 Å². The molecule has 0 spiro atoms. The van der Waals surface area contributed by atoms with Gasteiger partial charge in [-0.05, 0) is 38.2 Å². The number of rotatable bonds is 9. The van der Waals surface area contributed by atoms with Crippen molar-refractivity contribution in [2.24, 2.45) is 5.41 Å². The first-order valence-corrected chi connectivity index (χ1v) is 13.9. The highest BCUT2D eigenvalue weighted by Gasteiger charge is 2.30. The highest BCUT2D eigenvalue weighted by atomic mass is 32.2. The zero-order chi connectivity index (χ0) is 21.7. The smallest absolute Gasteiger partial charge is 0.327 e. The van der Waals surface area contributed by atoms with Gasteiger partial charge in [-0.15, -0.1) is 0 Å². The Balaban J connectivity index is 0.000000294. The van der Waals surface area contributed by atoms with Gasteiger partial charge in [-0.1, -0.05) is 52.4 Å². The van der Waals surface area contributed by atoms with E-state index in [1.165, 1.54) is 76.0 Å². The maximum atomic E-state index is 11.8. The topological polar surface area (TPSA) is 78.4 Å². The van der Waals surface area contributed by atoms with Gasteiger partial charge in [-0.3, -0.25) is 4.79 Å². The lowest BCUT2D eigenvalue weighted by molar-refractivity contribution is -0.142. The lowest BCUT2D eigenvalue weighted by Crippen LogP contribution is -2.48. The van der Waals surface area contributed by atoms with Gasteiger partial charge in [0.25, 0.3) is 0 Å². The SMILES string of the molecule is C1CCC(NC2CCCCC2)CC1.CSC[C@H](NC(=O)C(C)(C)CSC)C(=O)O. The molecular weight excluding hydrogens is 404 g/mol. The van der Waals surface area contributed by atoms with Crippen molar-refractivity contribution in [1.82, 2.24) is 10.6 Å². The molecule has 0 aliphatic heterocycles. The van der Waals surface area contributed by atoms with Gasteiger partial charge in [0.1, 0.15) is 6.04 Å². The van der Waals surface area contributed by atoms with E-state index in [-0.39, 0.29) is 5.91 Å². The van der Waals surface area contributed by atoms with Crippen LogP contribution in [-0.2, 0) is 9.59 Å². The number of aliphatic carboxylic acids is 1. The Kier molecular flexibility index (Phi) is 13.4. The fourth-order valence-corrected chi connectivity index (χ4v) is 5.41. The molecule has 0 radical (unpaired) electrons. The van der Waals surface area contributed by atoms with Crippen molar-refractivity contribution in [3.05, 3.63) is 0 Å². The zero-order valence-corrected chi connectivity index (χ0v) is 20.4. The van der Waals surface area contributed by atoms with Crippen LogP contribution in [0.15, 0.2) is 0 Å². The van der Waals surface area contributed by atoms with Crippen LogP contribution in [0.25, 0.3) is 0 Å². The van der Waals surface area contributed by atoms with Crippen LogP contribution in [0.1, 0.15) is 78.1 Å². The van der Waals surface area contributed by atoms with E-state index in [0.717, 1.165) is 12.1 Å². The van der Waals surface area contributed by atoms with Crippen LogP contribution in [0.2, 0.25) is 0 Å². The summed E-state index contributed by atoms with van der Waals surface area (Å²) >= 11 is 2.98. The lowest BCUT2D eigenvalue weighted by atomic mass is 9.91. The van der Waals surface area contributed by atoms with Gasteiger partial charge in [0.05, 0.1) is 5.41 Å². The summed E-state index contributed by atoms with van der Waals surface area (Å²) in [4.78, 5) is 22.7. The van der Waals surface area contributed by atoms with Crippen LogP contribution in [0, 0.1) is 5.41 Å². The second kappa shape index (κ2) is 14.6. The van der Waals surface area contributed by atoms with Crippen molar-refractivity contribution in [2.45, 2.75) is 96.2 Å². The van der Waals surface area contributed by atoms with Crippen LogP contribution in [-0.4, -0.2) is 59.1 Å². The van der Waals surface area contributed by atoms with Crippen LogP contribution < -0.4 is 10.6 Å². The molecule has 0 aromatic heterocycles. The number of carboxylic acids is 1. The second-order valence-electron chi connectivity index (χ2n) is 8.97. The van der Waals surface area contributed by atoms with Crippen LogP contribution in [0.5, 0.6) is 0 Å². The molecule has 2 saturated carbocycles. The van der Waals surface area contributed by atoms with E-state index in [0.29, 0.717) is 11.5 Å². The average Bonchev–Trinajstić information content (AvgIpc) is 2.69. The van der Waals surface area contributed by atoms with Gasteiger partial charge in [-0.25, -0.2) is 4.79 Å². The Morgan fingerprint density at radius 1 is 0.931 bits per heavy atom. The Bertz CT molecular complexity index is 461. The molecule has 0 saturated heterocycles. The molecular formula is C22H42N2O3S2. The molecule has 29 heavy (non-hydrogen) atoms. The lowest BCUT2D eigenvalue weighted by Gasteiger charge is -2.30. The van der Waals surface area contributed by atoms with Gasteiger partial charge in [0.15, 0.2) is 0 Å². The number of nitrogens with one attached hydrogen (secondary N) is 2. The molecule has 0 heterocycles. The highest BCUT2D eigenvalue weighted by Crippen LogP contribution is 2.23. The number of hydrogen-bond donors (Lipinski definition) is 3. The summed E-state index contributed by atoms with van der Waals surface area (Å²) in [5.74, 6) is -0.133. The fourth-order valence-electron chi connectivity index (χ4n) is 3.99.